The monoisotopic (exact) mass is 213 g/mol. The molecule has 0 amide bonds. The van der Waals surface area contributed by atoms with E-state index in [9.17, 15) is 0 Å². The summed E-state index contributed by atoms with van der Waals surface area (Å²) in [6, 6.07) is 14.1. The van der Waals surface area contributed by atoms with Gasteiger partial charge in [0.1, 0.15) is 0 Å². The average molecular weight is 213 g/mol. The number of hydrogen-bond donors (Lipinski definition) is 2. The molecule has 0 radical (unpaired) electrons. The molecule has 0 aliphatic carbocycles. The molecule has 2 N–H and O–H groups in total. The highest BCUT2D eigenvalue weighted by atomic mass is 15.0. The molecule has 0 spiro atoms. The van der Waals surface area contributed by atoms with Crippen LogP contribution in [-0.2, 0) is 0 Å². The first-order valence-electron chi connectivity index (χ1n) is 5.38. The van der Waals surface area contributed by atoms with E-state index in [1.807, 2.05) is 36.5 Å². The van der Waals surface area contributed by atoms with E-state index in [0.717, 1.165) is 24.5 Å². The minimum Gasteiger partial charge on any atom is -0.383 e. The van der Waals surface area contributed by atoms with Gasteiger partial charge in [0, 0.05) is 31.2 Å². The lowest BCUT2D eigenvalue weighted by molar-refractivity contribution is 1.07. The summed E-state index contributed by atoms with van der Waals surface area (Å²) < 4.78 is 0. The molecule has 0 aliphatic rings. The lowest BCUT2D eigenvalue weighted by Crippen LogP contribution is -2.13. The van der Waals surface area contributed by atoms with Gasteiger partial charge < -0.3 is 10.6 Å². The predicted molar refractivity (Wildman–Crippen MR) is 67.7 cm³/mol. The van der Waals surface area contributed by atoms with Crippen LogP contribution >= 0.6 is 0 Å². The SMILES string of the molecule is c1ccc(NCCNc2cccnc2)cc1. The zero-order valence-corrected chi connectivity index (χ0v) is 9.06. The Morgan fingerprint density at radius 3 is 2.19 bits per heavy atom. The summed E-state index contributed by atoms with van der Waals surface area (Å²) in [6.07, 6.45) is 3.59. The molecule has 1 heterocycles. The van der Waals surface area contributed by atoms with Crippen LogP contribution in [0, 0.1) is 0 Å². The normalized spacial score (nSPS) is 9.75. The third-order valence-corrected chi connectivity index (χ3v) is 2.22. The maximum atomic E-state index is 4.04. The van der Waals surface area contributed by atoms with Gasteiger partial charge in [-0.15, -0.1) is 0 Å². The predicted octanol–water partition coefficient (Wildman–Crippen LogP) is 2.61. The minimum absolute atomic E-state index is 0.876. The minimum atomic E-state index is 0.876. The Hall–Kier alpha value is -2.03. The van der Waals surface area contributed by atoms with Gasteiger partial charge in [-0.25, -0.2) is 0 Å². The van der Waals surface area contributed by atoms with Gasteiger partial charge in [0.25, 0.3) is 0 Å². The number of para-hydroxylation sites is 1. The number of pyridine rings is 1. The van der Waals surface area contributed by atoms with Crippen LogP contribution in [0.5, 0.6) is 0 Å². The van der Waals surface area contributed by atoms with E-state index in [-0.39, 0.29) is 0 Å². The fourth-order valence-electron chi connectivity index (χ4n) is 1.44. The molecular formula is C13H15N3. The van der Waals surface area contributed by atoms with Crippen molar-refractivity contribution in [2.45, 2.75) is 0 Å². The molecule has 3 heteroatoms. The van der Waals surface area contributed by atoms with E-state index in [1.165, 1.54) is 0 Å². The Kier molecular flexibility index (Phi) is 3.77. The molecule has 0 fully saturated rings. The van der Waals surface area contributed by atoms with Crippen LogP contribution < -0.4 is 10.6 Å². The van der Waals surface area contributed by atoms with Crippen LogP contribution in [0.2, 0.25) is 0 Å². The van der Waals surface area contributed by atoms with Crippen LogP contribution in [0.15, 0.2) is 54.9 Å². The summed E-state index contributed by atoms with van der Waals surface area (Å²) in [5.41, 5.74) is 2.20. The lowest BCUT2D eigenvalue weighted by Gasteiger charge is -2.08. The van der Waals surface area contributed by atoms with Gasteiger partial charge in [0.15, 0.2) is 0 Å². The standard InChI is InChI=1S/C13H15N3/c1-2-5-12(6-3-1)15-9-10-16-13-7-4-8-14-11-13/h1-8,11,15-16H,9-10H2. The summed E-state index contributed by atoms with van der Waals surface area (Å²) in [5, 5.41) is 6.62. The molecule has 3 nitrogen and oxygen atoms in total. The van der Waals surface area contributed by atoms with E-state index in [2.05, 4.69) is 27.8 Å². The van der Waals surface area contributed by atoms with Gasteiger partial charge in [-0.2, -0.15) is 0 Å². The molecule has 1 aromatic heterocycles. The quantitative estimate of drug-likeness (QED) is 0.750. The highest BCUT2D eigenvalue weighted by Gasteiger charge is 1.90. The molecule has 16 heavy (non-hydrogen) atoms. The van der Waals surface area contributed by atoms with Crippen molar-refractivity contribution in [3.05, 3.63) is 54.9 Å². The van der Waals surface area contributed by atoms with Crippen LogP contribution in [0.3, 0.4) is 0 Å². The molecule has 2 rings (SSSR count). The molecule has 0 bridgehead atoms. The van der Waals surface area contributed by atoms with Gasteiger partial charge >= 0.3 is 0 Å². The smallest absolute Gasteiger partial charge is 0.0527 e. The van der Waals surface area contributed by atoms with Gasteiger partial charge in [0.2, 0.25) is 0 Å². The maximum absolute atomic E-state index is 4.04. The first-order chi connectivity index (χ1) is 7.95. The number of anilines is 2. The van der Waals surface area contributed by atoms with Crippen molar-refractivity contribution in [2.75, 3.05) is 23.7 Å². The maximum Gasteiger partial charge on any atom is 0.0527 e. The van der Waals surface area contributed by atoms with Crippen LogP contribution in [0.25, 0.3) is 0 Å². The van der Waals surface area contributed by atoms with E-state index in [4.69, 9.17) is 0 Å². The number of benzene rings is 1. The Morgan fingerprint density at radius 1 is 0.812 bits per heavy atom. The second-order valence-electron chi connectivity index (χ2n) is 3.46. The Morgan fingerprint density at radius 2 is 1.50 bits per heavy atom. The van der Waals surface area contributed by atoms with Crippen molar-refractivity contribution in [1.29, 1.82) is 0 Å². The Balaban J connectivity index is 1.70. The number of rotatable bonds is 5. The second kappa shape index (κ2) is 5.75. The largest absolute Gasteiger partial charge is 0.383 e. The highest BCUT2D eigenvalue weighted by Crippen LogP contribution is 2.04. The summed E-state index contributed by atoms with van der Waals surface area (Å²) in [6.45, 7) is 1.76. The van der Waals surface area contributed by atoms with Crippen molar-refractivity contribution >= 4 is 11.4 Å². The van der Waals surface area contributed by atoms with E-state index >= 15 is 0 Å². The topological polar surface area (TPSA) is 37.0 Å². The van der Waals surface area contributed by atoms with Gasteiger partial charge in [-0.3, -0.25) is 4.98 Å². The number of hydrogen-bond acceptors (Lipinski definition) is 3. The third-order valence-electron chi connectivity index (χ3n) is 2.22. The van der Waals surface area contributed by atoms with Gasteiger partial charge in [-0.05, 0) is 24.3 Å². The zero-order chi connectivity index (χ0) is 11.1. The third kappa shape index (κ3) is 3.28. The van der Waals surface area contributed by atoms with Crippen molar-refractivity contribution < 1.29 is 0 Å². The molecule has 82 valence electrons. The molecule has 0 aliphatic heterocycles. The molecular weight excluding hydrogens is 198 g/mol. The summed E-state index contributed by atoms with van der Waals surface area (Å²) in [4.78, 5) is 4.04. The highest BCUT2D eigenvalue weighted by molar-refractivity contribution is 5.43. The van der Waals surface area contributed by atoms with Gasteiger partial charge in [-0.1, -0.05) is 18.2 Å². The van der Waals surface area contributed by atoms with E-state index in [0.29, 0.717) is 0 Å². The van der Waals surface area contributed by atoms with Crippen LogP contribution in [-0.4, -0.2) is 18.1 Å². The number of aromatic nitrogens is 1. The molecule has 0 saturated heterocycles. The molecule has 1 aromatic carbocycles. The molecule has 0 atom stereocenters. The van der Waals surface area contributed by atoms with Gasteiger partial charge in [0.05, 0.1) is 5.69 Å². The van der Waals surface area contributed by atoms with Crippen molar-refractivity contribution in [3.63, 3.8) is 0 Å². The number of nitrogens with one attached hydrogen (secondary N) is 2. The first-order valence-corrected chi connectivity index (χ1v) is 5.38. The van der Waals surface area contributed by atoms with Crippen LogP contribution in [0.1, 0.15) is 0 Å². The van der Waals surface area contributed by atoms with E-state index < -0.39 is 0 Å². The van der Waals surface area contributed by atoms with E-state index in [1.54, 1.807) is 6.20 Å². The zero-order valence-electron chi connectivity index (χ0n) is 9.06. The average Bonchev–Trinajstić information content (AvgIpc) is 2.37. The van der Waals surface area contributed by atoms with Crippen molar-refractivity contribution in [3.8, 4) is 0 Å². The summed E-state index contributed by atoms with van der Waals surface area (Å²) in [5.74, 6) is 0. The summed E-state index contributed by atoms with van der Waals surface area (Å²) in [7, 11) is 0. The fraction of sp³-hybridized carbons (Fsp3) is 0.154. The van der Waals surface area contributed by atoms with Crippen LogP contribution in [0.4, 0.5) is 11.4 Å². The summed E-state index contributed by atoms with van der Waals surface area (Å²) >= 11 is 0. The lowest BCUT2D eigenvalue weighted by atomic mass is 10.3. The second-order valence-corrected chi connectivity index (χ2v) is 3.46. The molecule has 0 unspecified atom stereocenters. The van der Waals surface area contributed by atoms with Crippen molar-refractivity contribution in [2.24, 2.45) is 0 Å². The fourth-order valence-corrected chi connectivity index (χ4v) is 1.44. The molecule has 2 aromatic rings. The Labute approximate surface area is 95.5 Å². The Bertz CT molecular complexity index is 359. The first kappa shape index (κ1) is 10.5. The number of nitrogens with zero attached hydrogens (tertiary/aromatic N) is 1. The van der Waals surface area contributed by atoms with Crippen molar-refractivity contribution in [1.82, 2.24) is 4.98 Å². The molecule has 0 saturated carbocycles.